The predicted molar refractivity (Wildman–Crippen MR) is 82.0 cm³/mol. The number of piperidine rings is 1. The van der Waals surface area contributed by atoms with Gasteiger partial charge in [-0.3, -0.25) is 0 Å². The van der Waals surface area contributed by atoms with Gasteiger partial charge >= 0.3 is 0 Å². The first-order valence-corrected chi connectivity index (χ1v) is 7.74. The van der Waals surface area contributed by atoms with Crippen molar-refractivity contribution in [3.8, 4) is 0 Å². The Kier molecular flexibility index (Phi) is 4.23. The zero-order valence-corrected chi connectivity index (χ0v) is 11.7. The van der Waals surface area contributed by atoms with Crippen LogP contribution in [-0.4, -0.2) is 32.2 Å². The van der Waals surface area contributed by atoms with Crippen LogP contribution in [0.1, 0.15) is 32.1 Å². The van der Waals surface area contributed by atoms with Gasteiger partial charge in [-0.05, 0) is 56.5 Å². The van der Waals surface area contributed by atoms with Gasteiger partial charge in [-0.25, -0.2) is 0 Å². The molecule has 2 N–H and O–H groups in total. The van der Waals surface area contributed by atoms with E-state index in [-0.39, 0.29) is 0 Å². The van der Waals surface area contributed by atoms with Crippen LogP contribution in [0.15, 0.2) is 24.3 Å². The standard InChI is InChI=1S/C16H25N3/c1-2-10-17-15(5-1)13-18-14-6-8-16(9-7-14)19-11-3-4-12-19/h6-9,15,17-18H,1-5,10-13H2. The third-order valence-corrected chi connectivity index (χ3v) is 4.30. The van der Waals surface area contributed by atoms with Crippen LogP contribution in [0.3, 0.4) is 0 Å². The summed E-state index contributed by atoms with van der Waals surface area (Å²) in [5, 5.41) is 7.13. The van der Waals surface area contributed by atoms with Gasteiger partial charge in [-0.1, -0.05) is 6.42 Å². The van der Waals surface area contributed by atoms with E-state index in [4.69, 9.17) is 0 Å². The number of rotatable bonds is 4. The van der Waals surface area contributed by atoms with Gasteiger partial charge in [-0.15, -0.1) is 0 Å². The summed E-state index contributed by atoms with van der Waals surface area (Å²) in [6, 6.07) is 9.59. The summed E-state index contributed by atoms with van der Waals surface area (Å²) in [5.74, 6) is 0. The summed E-state index contributed by atoms with van der Waals surface area (Å²) >= 11 is 0. The number of nitrogens with zero attached hydrogens (tertiary/aromatic N) is 1. The molecule has 0 aromatic heterocycles. The molecule has 104 valence electrons. The smallest absolute Gasteiger partial charge is 0.0367 e. The molecule has 2 heterocycles. The van der Waals surface area contributed by atoms with E-state index in [2.05, 4.69) is 39.8 Å². The number of nitrogens with one attached hydrogen (secondary N) is 2. The first kappa shape index (κ1) is 12.8. The molecule has 2 aliphatic rings. The summed E-state index contributed by atoms with van der Waals surface area (Å²) in [7, 11) is 0. The first-order valence-electron chi connectivity index (χ1n) is 7.74. The summed E-state index contributed by atoms with van der Waals surface area (Å²) in [6.07, 6.45) is 6.69. The zero-order valence-electron chi connectivity index (χ0n) is 11.7. The highest BCUT2D eigenvalue weighted by Crippen LogP contribution is 2.22. The molecule has 0 bridgehead atoms. The molecule has 1 atom stereocenters. The molecule has 3 nitrogen and oxygen atoms in total. The van der Waals surface area contributed by atoms with E-state index >= 15 is 0 Å². The Hall–Kier alpha value is -1.22. The molecule has 0 spiro atoms. The van der Waals surface area contributed by atoms with E-state index in [0.717, 1.165) is 6.54 Å². The summed E-state index contributed by atoms with van der Waals surface area (Å²) in [6.45, 7) is 4.67. The van der Waals surface area contributed by atoms with Crippen molar-refractivity contribution in [2.45, 2.75) is 38.1 Å². The number of anilines is 2. The molecular formula is C16H25N3. The fourth-order valence-corrected chi connectivity index (χ4v) is 3.10. The van der Waals surface area contributed by atoms with Crippen molar-refractivity contribution < 1.29 is 0 Å². The van der Waals surface area contributed by atoms with Crippen molar-refractivity contribution in [2.24, 2.45) is 0 Å². The SMILES string of the molecule is c1cc(N2CCCC2)ccc1NCC1CCCCN1. The predicted octanol–water partition coefficient (Wildman–Crippen LogP) is 2.84. The molecule has 2 fully saturated rings. The number of hydrogen-bond donors (Lipinski definition) is 2. The lowest BCUT2D eigenvalue weighted by atomic mass is 10.1. The summed E-state index contributed by atoms with van der Waals surface area (Å²) < 4.78 is 0. The molecule has 0 radical (unpaired) electrons. The normalized spacial score (nSPS) is 23.6. The fourth-order valence-electron chi connectivity index (χ4n) is 3.10. The molecule has 1 aromatic carbocycles. The average Bonchev–Trinajstić information content (AvgIpc) is 3.01. The van der Waals surface area contributed by atoms with Crippen LogP contribution in [0, 0.1) is 0 Å². The highest BCUT2D eigenvalue weighted by molar-refractivity contribution is 5.55. The van der Waals surface area contributed by atoms with E-state index in [1.165, 1.54) is 63.1 Å². The van der Waals surface area contributed by atoms with Crippen molar-refractivity contribution in [1.29, 1.82) is 0 Å². The minimum atomic E-state index is 0.645. The molecule has 1 unspecified atom stereocenters. The second-order valence-electron chi connectivity index (χ2n) is 5.77. The van der Waals surface area contributed by atoms with Crippen LogP contribution in [0.4, 0.5) is 11.4 Å². The van der Waals surface area contributed by atoms with Crippen LogP contribution in [0.5, 0.6) is 0 Å². The van der Waals surface area contributed by atoms with E-state index in [1.807, 2.05) is 0 Å². The van der Waals surface area contributed by atoms with Gasteiger partial charge in [0.2, 0.25) is 0 Å². The van der Waals surface area contributed by atoms with Gasteiger partial charge in [0.05, 0.1) is 0 Å². The molecule has 1 aromatic rings. The van der Waals surface area contributed by atoms with Gasteiger partial charge in [0, 0.05) is 37.1 Å². The van der Waals surface area contributed by atoms with Crippen LogP contribution >= 0.6 is 0 Å². The molecule has 2 aliphatic heterocycles. The largest absolute Gasteiger partial charge is 0.383 e. The summed E-state index contributed by atoms with van der Waals surface area (Å²) in [5.41, 5.74) is 2.62. The number of hydrogen-bond acceptors (Lipinski definition) is 3. The molecular weight excluding hydrogens is 234 g/mol. The molecule has 0 amide bonds. The Morgan fingerprint density at radius 1 is 1.05 bits per heavy atom. The van der Waals surface area contributed by atoms with Crippen molar-refractivity contribution >= 4 is 11.4 Å². The molecule has 19 heavy (non-hydrogen) atoms. The van der Waals surface area contributed by atoms with Crippen LogP contribution in [-0.2, 0) is 0 Å². The molecule has 3 heteroatoms. The second-order valence-corrected chi connectivity index (χ2v) is 5.77. The lowest BCUT2D eigenvalue weighted by Crippen LogP contribution is -2.39. The molecule has 2 saturated heterocycles. The maximum absolute atomic E-state index is 3.57. The van der Waals surface area contributed by atoms with Gasteiger partial charge in [0.1, 0.15) is 0 Å². The highest BCUT2D eigenvalue weighted by atomic mass is 15.1. The topological polar surface area (TPSA) is 27.3 Å². The van der Waals surface area contributed by atoms with E-state index < -0.39 is 0 Å². The Morgan fingerprint density at radius 2 is 1.84 bits per heavy atom. The van der Waals surface area contributed by atoms with Crippen LogP contribution in [0.2, 0.25) is 0 Å². The van der Waals surface area contributed by atoms with Gasteiger partial charge in [-0.2, -0.15) is 0 Å². The fraction of sp³-hybridized carbons (Fsp3) is 0.625. The van der Waals surface area contributed by atoms with E-state index in [0.29, 0.717) is 6.04 Å². The van der Waals surface area contributed by atoms with Crippen molar-refractivity contribution in [1.82, 2.24) is 5.32 Å². The van der Waals surface area contributed by atoms with Crippen molar-refractivity contribution in [3.05, 3.63) is 24.3 Å². The van der Waals surface area contributed by atoms with Gasteiger partial charge < -0.3 is 15.5 Å². The minimum absolute atomic E-state index is 0.645. The minimum Gasteiger partial charge on any atom is -0.383 e. The maximum Gasteiger partial charge on any atom is 0.0367 e. The third-order valence-electron chi connectivity index (χ3n) is 4.30. The van der Waals surface area contributed by atoms with E-state index in [1.54, 1.807) is 0 Å². The van der Waals surface area contributed by atoms with E-state index in [9.17, 15) is 0 Å². The zero-order chi connectivity index (χ0) is 12.9. The molecule has 0 saturated carbocycles. The summed E-state index contributed by atoms with van der Waals surface area (Å²) in [4.78, 5) is 2.48. The Labute approximate surface area is 116 Å². The second kappa shape index (κ2) is 6.29. The van der Waals surface area contributed by atoms with Crippen molar-refractivity contribution in [3.63, 3.8) is 0 Å². The first-order chi connectivity index (χ1) is 9.42. The third kappa shape index (κ3) is 3.41. The highest BCUT2D eigenvalue weighted by Gasteiger charge is 2.13. The van der Waals surface area contributed by atoms with Gasteiger partial charge in [0.15, 0.2) is 0 Å². The van der Waals surface area contributed by atoms with Crippen molar-refractivity contribution in [2.75, 3.05) is 36.4 Å². The average molecular weight is 259 g/mol. The Balaban J connectivity index is 1.50. The quantitative estimate of drug-likeness (QED) is 0.870. The maximum atomic E-state index is 3.57. The van der Waals surface area contributed by atoms with Gasteiger partial charge in [0.25, 0.3) is 0 Å². The molecule has 3 rings (SSSR count). The lowest BCUT2D eigenvalue weighted by Gasteiger charge is -2.24. The molecule has 0 aliphatic carbocycles. The lowest BCUT2D eigenvalue weighted by molar-refractivity contribution is 0.414. The monoisotopic (exact) mass is 259 g/mol. The van der Waals surface area contributed by atoms with Crippen LogP contribution in [0.25, 0.3) is 0 Å². The Morgan fingerprint density at radius 3 is 2.53 bits per heavy atom. The Bertz CT molecular complexity index is 375. The number of benzene rings is 1. The van der Waals surface area contributed by atoms with Crippen LogP contribution < -0.4 is 15.5 Å².